The molecule has 1 heterocycles. The van der Waals surface area contributed by atoms with Crippen LogP contribution in [0.2, 0.25) is 0 Å². The zero-order valence-corrected chi connectivity index (χ0v) is 23.2. The highest BCUT2D eigenvalue weighted by Crippen LogP contribution is 2.37. The lowest BCUT2D eigenvalue weighted by atomic mass is 10.1. The fourth-order valence-corrected chi connectivity index (χ4v) is 5.03. The molecule has 1 amide bonds. The molecule has 0 saturated carbocycles. The number of carbonyl (C=O) groups is 1. The summed E-state index contributed by atoms with van der Waals surface area (Å²) in [5.74, 6) is 1.26. The van der Waals surface area contributed by atoms with E-state index in [2.05, 4.69) is 15.9 Å². The zero-order chi connectivity index (χ0) is 25.7. The molecule has 0 N–H and O–H groups in total. The van der Waals surface area contributed by atoms with Gasteiger partial charge in [0.15, 0.2) is 16.7 Å². The number of nitrogens with zero attached hydrogens (tertiary/aromatic N) is 2. The van der Waals surface area contributed by atoms with Crippen molar-refractivity contribution in [3.8, 4) is 11.5 Å². The number of benzene rings is 3. The van der Waals surface area contributed by atoms with Crippen molar-refractivity contribution in [2.75, 3.05) is 6.61 Å². The SMILES string of the molecule is CCOc1cc(/C=C2/SC(=Nc3ccc(C)cc3)N(C(C)C)C2=O)ccc1OCc1ccc(Br)cc1. The van der Waals surface area contributed by atoms with Crippen LogP contribution in [0.1, 0.15) is 37.5 Å². The van der Waals surface area contributed by atoms with Crippen LogP contribution in [0.3, 0.4) is 0 Å². The number of hydrogen-bond donors (Lipinski definition) is 0. The Balaban J connectivity index is 1.58. The number of hydrogen-bond acceptors (Lipinski definition) is 5. The summed E-state index contributed by atoms with van der Waals surface area (Å²) < 4.78 is 12.9. The molecule has 186 valence electrons. The van der Waals surface area contributed by atoms with Crippen molar-refractivity contribution in [2.45, 2.75) is 40.3 Å². The second-order valence-electron chi connectivity index (χ2n) is 8.66. The normalized spacial score (nSPS) is 15.8. The summed E-state index contributed by atoms with van der Waals surface area (Å²) in [5.41, 5.74) is 3.93. The summed E-state index contributed by atoms with van der Waals surface area (Å²) in [4.78, 5) is 20.4. The van der Waals surface area contributed by atoms with E-state index in [9.17, 15) is 4.79 Å². The van der Waals surface area contributed by atoms with E-state index in [4.69, 9.17) is 14.5 Å². The highest BCUT2D eigenvalue weighted by atomic mass is 79.9. The Kier molecular flexibility index (Phi) is 8.54. The van der Waals surface area contributed by atoms with Gasteiger partial charge in [0.05, 0.1) is 17.2 Å². The number of halogens is 1. The summed E-state index contributed by atoms with van der Waals surface area (Å²) in [6, 6.07) is 21.7. The van der Waals surface area contributed by atoms with E-state index in [1.807, 2.05) is 101 Å². The standard InChI is InChI=1S/C29H29BrN2O3S/c1-5-34-26-16-22(10-15-25(26)35-18-21-8-11-23(30)12-9-21)17-27-28(33)32(19(2)3)29(36-27)31-24-13-6-20(4)7-14-24/h6-17,19H,5,18H2,1-4H3/b27-17+,31-29?. The molecular weight excluding hydrogens is 536 g/mol. The van der Waals surface area contributed by atoms with Gasteiger partial charge in [-0.15, -0.1) is 0 Å². The number of aryl methyl sites for hydroxylation is 1. The van der Waals surface area contributed by atoms with Gasteiger partial charge >= 0.3 is 0 Å². The molecule has 1 fully saturated rings. The summed E-state index contributed by atoms with van der Waals surface area (Å²) in [6.45, 7) is 8.92. The molecule has 0 radical (unpaired) electrons. The molecule has 0 unspecified atom stereocenters. The Hall–Kier alpha value is -3.03. The van der Waals surface area contributed by atoms with Gasteiger partial charge in [-0.1, -0.05) is 51.8 Å². The molecule has 3 aromatic rings. The Morgan fingerprint density at radius 3 is 2.39 bits per heavy atom. The van der Waals surface area contributed by atoms with Gasteiger partial charge in [-0.3, -0.25) is 9.69 Å². The molecule has 4 rings (SSSR count). The maximum absolute atomic E-state index is 13.3. The quantitative estimate of drug-likeness (QED) is 0.262. The fraction of sp³-hybridized carbons (Fsp3) is 0.241. The molecule has 0 aliphatic carbocycles. The molecule has 1 aliphatic heterocycles. The van der Waals surface area contributed by atoms with E-state index in [0.717, 1.165) is 21.3 Å². The van der Waals surface area contributed by atoms with Crippen molar-refractivity contribution in [1.82, 2.24) is 4.90 Å². The summed E-state index contributed by atoms with van der Waals surface area (Å²) in [5, 5.41) is 0.685. The zero-order valence-electron chi connectivity index (χ0n) is 20.8. The van der Waals surface area contributed by atoms with Crippen LogP contribution in [0.4, 0.5) is 5.69 Å². The number of thioether (sulfide) groups is 1. The number of aliphatic imine (C=N–C) groups is 1. The molecule has 0 spiro atoms. The topological polar surface area (TPSA) is 51.1 Å². The molecule has 0 bridgehead atoms. The lowest BCUT2D eigenvalue weighted by molar-refractivity contribution is -0.123. The van der Waals surface area contributed by atoms with Crippen LogP contribution in [-0.2, 0) is 11.4 Å². The third-order valence-electron chi connectivity index (χ3n) is 5.48. The summed E-state index contributed by atoms with van der Waals surface area (Å²) >= 11 is 4.85. The minimum atomic E-state index is -0.0469. The van der Waals surface area contributed by atoms with Gasteiger partial charge in [-0.05, 0) is 93.1 Å². The van der Waals surface area contributed by atoms with Gasteiger partial charge in [0.2, 0.25) is 0 Å². The average Bonchev–Trinajstić information content (AvgIpc) is 3.15. The first-order valence-electron chi connectivity index (χ1n) is 11.9. The predicted octanol–water partition coefficient (Wildman–Crippen LogP) is 7.75. The first-order chi connectivity index (χ1) is 17.3. The van der Waals surface area contributed by atoms with Gasteiger partial charge in [0.1, 0.15) is 6.61 Å². The van der Waals surface area contributed by atoms with E-state index in [1.165, 1.54) is 17.3 Å². The van der Waals surface area contributed by atoms with E-state index in [-0.39, 0.29) is 11.9 Å². The molecule has 7 heteroatoms. The maximum atomic E-state index is 13.3. The molecular formula is C29H29BrN2O3S. The third-order valence-corrected chi connectivity index (χ3v) is 7.00. The Morgan fingerprint density at radius 1 is 1.00 bits per heavy atom. The van der Waals surface area contributed by atoms with Crippen molar-refractivity contribution in [1.29, 1.82) is 0 Å². The predicted molar refractivity (Wildman–Crippen MR) is 152 cm³/mol. The second kappa shape index (κ2) is 11.8. The van der Waals surface area contributed by atoms with Crippen LogP contribution < -0.4 is 9.47 Å². The van der Waals surface area contributed by atoms with E-state index < -0.39 is 0 Å². The van der Waals surface area contributed by atoms with Crippen LogP contribution in [0.15, 0.2) is 81.1 Å². The van der Waals surface area contributed by atoms with Crippen molar-refractivity contribution < 1.29 is 14.3 Å². The fourth-order valence-electron chi connectivity index (χ4n) is 3.64. The van der Waals surface area contributed by atoms with E-state index >= 15 is 0 Å². The molecule has 5 nitrogen and oxygen atoms in total. The van der Waals surface area contributed by atoms with Gasteiger partial charge in [0.25, 0.3) is 5.91 Å². The third kappa shape index (κ3) is 6.39. The largest absolute Gasteiger partial charge is 0.490 e. The van der Waals surface area contributed by atoms with Gasteiger partial charge in [-0.2, -0.15) is 0 Å². The van der Waals surface area contributed by atoms with Crippen LogP contribution in [0.5, 0.6) is 11.5 Å². The highest BCUT2D eigenvalue weighted by Gasteiger charge is 2.35. The van der Waals surface area contributed by atoms with Crippen molar-refractivity contribution >= 4 is 50.5 Å². The monoisotopic (exact) mass is 564 g/mol. The molecule has 36 heavy (non-hydrogen) atoms. The first kappa shape index (κ1) is 26.0. The Morgan fingerprint density at radius 2 is 1.72 bits per heavy atom. The number of amides is 1. The molecule has 0 aromatic heterocycles. The smallest absolute Gasteiger partial charge is 0.266 e. The van der Waals surface area contributed by atoms with Crippen LogP contribution >= 0.6 is 27.7 Å². The highest BCUT2D eigenvalue weighted by molar-refractivity contribution is 9.10. The number of carbonyl (C=O) groups excluding carboxylic acids is 1. The lowest BCUT2D eigenvalue weighted by Gasteiger charge is -2.19. The van der Waals surface area contributed by atoms with Crippen molar-refractivity contribution in [3.63, 3.8) is 0 Å². The van der Waals surface area contributed by atoms with Crippen LogP contribution in [0.25, 0.3) is 6.08 Å². The number of rotatable bonds is 8. The lowest BCUT2D eigenvalue weighted by Crippen LogP contribution is -2.35. The number of amidine groups is 1. The second-order valence-corrected chi connectivity index (χ2v) is 10.6. The summed E-state index contributed by atoms with van der Waals surface area (Å²) in [6.07, 6.45) is 1.89. The maximum Gasteiger partial charge on any atom is 0.266 e. The molecule has 1 aliphatic rings. The van der Waals surface area contributed by atoms with Crippen molar-refractivity contribution in [2.24, 2.45) is 4.99 Å². The minimum absolute atomic E-state index is 0.00605. The van der Waals surface area contributed by atoms with E-state index in [0.29, 0.717) is 34.8 Å². The first-order valence-corrected chi connectivity index (χ1v) is 13.5. The average molecular weight is 566 g/mol. The van der Waals surface area contributed by atoms with Gasteiger partial charge in [-0.25, -0.2) is 4.99 Å². The minimum Gasteiger partial charge on any atom is -0.490 e. The van der Waals surface area contributed by atoms with E-state index in [1.54, 1.807) is 4.90 Å². The van der Waals surface area contributed by atoms with Crippen LogP contribution in [-0.4, -0.2) is 28.6 Å². The Labute approximate surface area is 225 Å². The molecule has 0 atom stereocenters. The molecule has 1 saturated heterocycles. The summed E-state index contributed by atoms with van der Waals surface area (Å²) in [7, 11) is 0. The van der Waals surface area contributed by atoms with Gasteiger partial charge in [0, 0.05) is 10.5 Å². The van der Waals surface area contributed by atoms with Gasteiger partial charge < -0.3 is 9.47 Å². The molecule has 3 aromatic carbocycles. The van der Waals surface area contributed by atoms with Crippen molar-refractivity contribution in [3.05, 3.63) is 92.8 Å². The van der Waals surface area contributed by atoms with Crippen LogP contribution in [0, 0.1) is 6.92 Å². The number of ether oxygens (including phenoxy) is 2. The Bertz CT molecular complexity index is 1280.